The first-order chi connectivity index (χ1) is 14.6. The quantitative estimate of drug-likeness (QED) is 0.592. The number of nitriles is 1. The summed E-state index contributed by atoms with van der Waals surface area (Å²) in [5.74, 6) is -0.922. The van der Waals surface area contributed by atoms with Crippen LogP contribution in [0.15, 0.2) is 54.1 Å². The Morgan fingerprint density at radius 1 is 1.23 bits per heavy atom. The van der Waals surface area contributed by atoms with Crippen LogP contribution >= 0.6 is 11.6 Å². The van der Waals surface area contributed by atoms with E-state index in [-0.39, 0.29) is 23.2 Å². The van der Waals surface area contributed by atoms with Crippen LogP contribution < -0.4 is 10.2 Å². The number of fused-ring (bicyclic) bond motifs is 1. The molecule has 0 saturated carbocycles. The predicted octanol–water partition coefficient (Wildman–Crippen LogP) is 3.46. The van der Waals surface area contributed by atoms with Crippen molar-refractivity contribution in [1.29, 1.82) is 5.26 Å². The second-order valence-electron chi connectivity index (χ2n) is 7.24. The number of amides is 2. The molecule has 7 heteroatoms. The van der Waals surface area contributed by atoms with Crippen molar-refractivity contribution in [3.8, 4) is 6.07 Å². The Bertz CT molecular complexity index is 1050. The molecule has 0 radical (unpaired) electrons. The van der Waals surface area contributed by atoms with Crippen LogP contribution in [0.4, 0.5) is 5.69 Å². The van der Waals surface area contributed by atoms with Gasteiger partial charge in [-0.3, -0.25) is 9.59 Å². The minimum Gasteiger partial charge on any atom is -0.376 e. The molecule has 6 nitrogen and oxygen atoms in total. The first kappa shape index (κ1) is 20.1. The van der Waals surface area contributed by atoms with E-state index in [4.69, 9.17) is 16.3 Å². The number of carbonyl (C=O) groups excluding carboxylic acids is 2. The number of benzene rings is 2. The topological polar surface area (TPSA) is 82.4 Å². The summed E-state index contributed by atoms with van der Waals surface area (Å²) in [5, 5.41) is 13.1. The van der Waals surface area contributed by atoms with Gasteiger partial charge in [0.1, 0.15) is 11.6 Å². The van der Waals surface area contributed by atoms with E-state index in [1.54, 1.807) is 29.2 Å². The van der Waals surface area contributed by atoms with Crippen LogP contribution in [0.3, 0.4) is 0 Å². The molecule has 0 aliphatic carbocycles. The number of rotatable bonds is 5. The minimum atomic E-state index is -0.556. The van der Waals surface area contributed by atoms with Crippen molar-refractivity contribution in [2.45, 2.75) is 25.5 Å². The number of carbonyl (C=O) groups is 2. The molecular weight excluding hydrogens is 402 g/mol. The summed E-state index contributed by atoms with van der Waals surface area (Å²) in [6.45, 7) is 1.31. The van der Waals surface area contributed by atoms with Crippen LogP contribution in [0.5, 0.6) is 0 Å². The van der Waals surface area contributed by atoms with E-state index < -0.39 is 5.91 Å². The van der Waals surface area contributed by atoms with E-state index >= 15 is 0 Å². The fraction of sp³-hybridized carbons (Fsp3) is 0.261. The highest BCUT2D eigenvalue weighted by molar-refractivity contribution is 6.37. The SMILES string of the molecule is N#CC(C(=O)NCC1CCCO1)=C1C(=O)N(Cc2ccc(Cl)cc2)c2ccccc21. The van der Waals surface area contributed by atoms with Crippen molar-refractivity contribution >= 4 is 34.7 Å². The van der Waals surface area contributed by atoms with Crippen LogP contribution in [0.25, 0.3) is 5.57 Å². The number of para-hydroxylation sites is 1. The number of ether oxygens (including phenoxy) is 1. The maximum atomic E-state index is 13.3. The Kier molecular flexibility index (Phi) is 5.84. The number of halogens is 1. The maximum Gasteiger partial charge on any atom is 0.262 e. The summed E-state index contributed by atoms with van der Waals surface area (Å²) in [4.78, 5) is 27.6. The monoisotopic (exact) mass is 421 g/mol. The van der Waals surface area contributed by atoms with Crippen LogP contribution in [0, 0.1) is 11.3 Å². The Hall–Kier alpha value is -3.14. The molecular formula is C23H20ClN3O3. The molecule has 1 N–H and O–H groups in total. The van der Waals surface area contributed by atoms with Gasteiger partial charge < -0.3 is 15.0 Å². The molecule has 30 heavy (non-hydrogen) atoms. The summed E-state index contributed by atoms with van der Waals surface area (Å²) in [6, 6.07) is 16.4. The third kappa shape index (κ3) is 3.95. The van der Waals surface area contributed by atoms with Crippen LogP contribution in [0.2, 0.25) is 5.02 Å². The molecule has 1 saturated heterocycles. The van der Waals surface area contributed by atoms with Crippen molar-refractivity contribution in [2.24, 2.45) is 0 Å². The second kappa shape index (κ2) is 8.70. The molecule has 152 valence electrons. The van der Waals surface area contributed by atoms with E-state index in [9.17, 15) is 14.9 Å². The van der Waals surface area contributed by atoms with Gasteiger partial charge >= 0.3 is 0 Å². The average molecular weight is 422 g/mol. The molecule has 0 aromatic heterocycles. The molecule has 2 aromatic rings. The van der Waals surface area contributed by atoms with Crippen LogP contribution in [-0.4, -0.2) is 31.1 Å². The van der Waals surface area contributed by atoms with Gasteiger partial charge in [0.15, 0.2) is 0 Å². The van der Waals surface area contributed by atoms with Gasteiger partial charge in [-0.25, -0.2) is 0 Å². The lowest BCUT2D eigenvalue weighted by Crippen LogP contribution is -2.33. The average Bonchev–Trinajstić information content (AvgIpc) is 3.37. The molecule has 4 rings (SSSR count). The predicted molar refractivity (Wildman–Crippen MR) is 114 cm³/mol. The van der Waals surface area contributed by atoms with E-state index in [2.05, 4.69) is 5.32 Å². The van der Waals surface area contributed by atoms with E-state index in [1.165, 1.54) is 0 Å². The number of nitrogens with zero attached hydrogens (tertiary/aromatic N) is 2. The fourth-order valence-electron chi connectivity index (χ4n) is 3.77. The minimum absolute atomic E-state index is 0.0492. The molecule has 0 spiro atoms. The number of anilines is 1. The van der Waals surface area contributed by atoms with Gasteiger partial charge in [-0.15, -0.1) is 0 Å². The molecule has 1 unspecified atom stereocenters. The lowest BCUT2D eigenvalue weighted by Gasteiger charge is -2.17. The van der Waals surface area contributed by atoms with Gasteiger partial charge in [-0.05, 0) is 36.6 Å². The van der Waals surface area contributed by atoms with E-state index in [1.807, 2.05) is 30.3 Å². The smallest absolute Gasteiger partial charge is 0.262 e. The molecule has 0 bridgehead atoms. The summed E-state index contributed by atoms with van der Waals surface area (Å²) in [7, 11) is 0. The second-order valence-corrected chi connectivity index (χ2v) is 7.68. The van der Waals surface area contributed by atoms with Gasteiger partial charge in [0.05, 0.1) is 23.9 Å². The van der Waals surface area contributed by atoms with Crippen molar-refractivity contribution in [3.05, 3.63) is 70.3 Å². The first-order valence-electron chi connectivity index (χ1n) is 9.78. The zero-order chi connectivity index (χ0) is 21.1. The third-order valence-corrected chi connectivity index (χ3v) is 5.53. The molecule has 2 heterocycles. The largest absolute Gasteiger partial charge is 0.376 e. The zero-order valence-electron chi connectivity index (χ0n) is 16.2. The standard InChI is InChI=1S/C23H20ClN3O3/c24-16-9-7-15(8-10-16)14-27-20-6-2-1-5-18(20)21(23(27)29)19(12-25)22(28)26-13-17-4-3-11-30-17/h1-2,5-10,17H,3-4,11,13-14H2,(H,26,28). The highest BCUT2D eigenvalue weighted by Gasteiger charge is 2.36. The van der Waals surface area contributed by atoms with Crippen LogP contribution in [0.1, 0.15) is 24.0 Å². The van der Waals surface area contributed by atoms with Crippen molar-refractivity contribution < 1.29 is 14.3 Å². The third-order valence-electron chi connectivity index (χ3n) is 5.28. The van der Waals surface area contributed by atoms with Gasteiger partial charge in [-0.2, -0.15) is 5.26 Å². The normalized spacial score (nSPS) is 19.4. The molecule has 2 aliphatic rings. The molecule has 1 fully saturated rings. The van der Waals surface area contributed by atoms with Gasteiger partial charge in [0, 0.05) is 23.7 Å². The Morgan fingerprint density at radius 2 is 2.00 bits per heavy atom. The Labute approximate surface area is 179 Å². The van der Waals surface area contributed by atoms with Gasteiger partial charge in [0.2, 0.25) is 0 Å². The highest BCUT2D eigenvalue weighted by atomic mass is 35.5. The van der Waals surface area contributed by atoms with Crippen molar-refractivity contribution in [1.82, 2.24) is 5.32 Å². The lowest BCUT2D eigenvalue weighted by atomic mass is 10.0. The fourth-order valence-corrected chi connectivity index (χ4v) is 3.90. The summed E-state index contributed by atoms with van der Waals surface area (Å²) in [5.41, 5.74) is 2.11. The molecule has 2 aromatic carbocycles. The molecule has 2 amide bonds. The highest BCUT2D eigenvalue weighted by Crippen LogP contribution is 2.39. The summed E-state index contributed by atoms with van der Waals surface area (Å²) >= 11 is 5.96. The number of nitrogens with one attached hydrogen (secondary N) is 1. The number of hydrogen-bond donors (Lipinski definition) is 1. The summed E-state index contributed by atoms with van der Waals surface area (Å²) < 4.78 is 5.51. The maximum absolute atomic E-state index is 13.3. The number of hydrogen-bond acceptors (Lipinski definition) is 4. The van der Waals surface area contributed by atoms with Crippen molar-refractivity contribution in [3.63, 3.8) is 0 Å². The lowest BCUT2D eigenvalue weighted by molar-refractivity contribution is -0.118. The summed E-state index contributed by atoms with van der Waals surface area (Å²) in [6.07, 6.45) is 1.78. The van der Waals surface area contributed by atoms with Crippen molar-refractivity contribution in [2.75, 3.05) is 18.1 Å². The Morgan fingerprint density at radius 3 is 2.70 bits per heavy atom. The van der Waals surface area contributed by atoms with E-state index in [0.29, 0.717) is 36.0 Å². The Balaban J connectivity index is 1.64. The van der Waals surface area contributed by atoms with Gasteiger partial charge in [-0.1, -0.05) is 41.9 Å². The van der Waals surface area contributed by atoms with Crippen LogP contribution in [-0.2, 0) is 20.9 Å². The zero-order valence-corrected chi connectivity index (χ0v) is 17.0. The van der Waals surface area contributed by atoms with Gasteiger partial charge in [0.25, 0.3) is 11.8 Å². The van der Waals surface area contributed by atoms with E-state index in [0.717, 1.165) is 18.4 Å². The molecule has 2 aliphatic heterocycles. The first-order valence-corrected chi connectivity index (χ1v) is 10.2. The molecule has 1 atom stereocenters.